The molecule has 2 aliphatic rings. The number of pyridine rings is 1. The van der Waals surface area contributed by atoms with Crippen LogP contribution in [-0.2, 0) is 0 Å². The summed E-state index contributed by atoms with van der Waals surface area (Å²) in [5.41, 5.74) is 3.40. The first-order valence-electron chi connectivity index (χ1n) is 8.54. The maximum Gasteiger partial charge on any atom is 0.259 e. The Labute approximate surface area is 144 Å². The zero-order chi connectivity index (χ0) is 17.0. The molecule has 0 bridgehead atoms. The van der Waals surface area contributed by atoms with E-state index < -0.39 is 6.10 Å². The van der Waals surface area contributed by atoms with Crippen molar-refractivity contribution in [3.63, 3.8) is 0 Å². The van der Waals surface area contributed by atoms with Gasteiger partial charge in [0.05, 0.1) is 17.1 Å². The highest BCUT2D eigenvalue weighted by molar-refractivity contribution is 6.09. The number of hydrogen-bond acceptors (Lipinski definition) is 5. The second kappa shape index (κ2) is 5.39. The maximum atomic E-state index is 13.0. The Balaban J connectivity index is 1.69. The quantitative estimate of drug-likeness (QED) is 0.796. The van der Waals surface area contributed by atoms with E-state index >= 15 is 0 Å². The van der Waals surface area contributed by atoms with Gasteiger partial charge >= 0.3 is 0 Å². The standard InChI is InChI=1S/C19H17N3O3/c23-13-9-22(10-13)19(24)14-8-15(11-6-7-11)20-18-16(14)17(21-25-18)12-4-2-1-3-5-12/h1-5,8,11,13,23H,6-7,9-10H2. The van der Waals surface area contributed by atoms with Gasteiger partial charge in [0.15, 0.2) is 0 Å². The Morgan fingerprint density at radius 3 is 2.64 bits per heavy atom. The van der Waals surface area contributed by atoms with E-state index in [-0.39, 0.29) is 5.91 Å². The van der Waals surface area contributed by atoms with E-state index in [0.29, 0.717) is 41.4 Å². The Bertz CT molecular complexity index is 957. The predicted octanol–water partition coefficient (Wildman–Crippen LogP) is 2.58. The molecule has 1 saturated heterocycles. The molecule has 25 heavy (non-hydrogen) atoms. The van der Waals surface area contributed by atoms with E-state index in [2.05, 4.69) is 10.1 Å². The van der Waals surface area contributed by atoms with Gasteiger partial charge in [-0.2, -0.15) is 0 Å². The number of aromatic nitrogens is 2. The zero-order valence-corrected chi connectivity index (χ0v) is 13.6. The number of amides is 1. The molecule has 1 N–H and O–H groups in total. The molecule has 6 nitrogen and oxygen atoms in total. The van der Waals surface area contributed by atoms with Crippen molar-refractivity contribution in [1.82, 2.24) is 15.0 Å². The maximum absolute atomic E-state index is 13.0. The summed E-state index contributed by atoms with van der Waals surface area (Å²) in [5.74, 6) is 0.309. The van der Waals surface area contributed by atoms with E-state index in [4.69, 9.17) is 4.52 Å². The van der Waals surface area contributed by atoms with Gasteiger partial charge in [0.2, 0.25) is 0 Å². The number of aliphatic hydroxyl groups excluding tert-OH is 1. The fourth-order valence-electron chi connectivity index (χ4n) is 3.31. The number of nitrogens with zero attached hydrogens (tertiary/aromatic N) is 3. The average Bonchev–Trinajstić information content (AvgIpc) is 3.38. The fourth-order valence-corrected chi connectivity index (χ4v) is 3.31. The third-order valence-electron chi connectivity index (χ3n) is 4.89. The first-order valence-corrected chi connectivity index (χ1v) is 8.54. The number of carbonyl (C=O) groups is 1. The molecular formula is C19H17N3O3. The van der Waals surface area contributed by atoms with E-state index in [1.54, 1.807) is 4.90 Å². The van der Waals surface area contributed by atoms with Gasteiger partial charge < -0.3 is 14.5 Å². The Hall–Kier alpha value is -2.73. The highest BCUT2D eigenvalue weighted by Crippen LogP contribution is 2.41. The summed E-state index contributed by atoms with van der Waals surface area (Å²) in [6.45, 7) is 0.737. The number of carbonyl (C=O) groups excluding carboxylic acids is 1. The smallest absolute Gasteiger partial charge is 0.259 e. The van der Waals surface area contributed by atoms with Gasteiger partial charge in [-0.1, -0.05) is 35.5 Å². The minimum Gasteiger partial charge on any atom is -0.389 e. The van der Waals surface area contributed by atoms with Crippen molar-refractivity contribution in [3.05, 3.63) is 47.7 Å². The van der Waals surface area contributed by atoms with E-state index in [1.165, 1.54) is 0 Å². The van der Waals surface area contributed by atoms with Crippen molar-refractivity contribution in [2.75, 3.05) is 13.1 Å². The van der Waals surface area contributed by atoms with Crippen LogP contribution in [0, 0.1) is 0 Å². The SMILES string of the molecule is O=C(c1cc(C2CC2)nc2onc(-c3ccccc3)c12)N1CC(O)C1. The van der Waals surface area contributed by atoms with Crippen LogP contribution in [0.5, 0.6) is 0 Å². The molecule has 1 saturated carbocycles. The molecule has 0 spiro atoms. The molecule has 3 heterocycles. The van der Waals surface area contributed by atoms with Gasteiger partial charge in [-0.25, -0.2) is 4.98 Å². The molecule has 0 atom stereocenters. The monoisotopic (exact) mass is 335 g/mol. The number of aliphatic hydroxyl groups is 1. The summed E-state index contributed by atoms with van der Waals surface area (Å²) in [6.07, 6.45) is 1.75. The Kier molecular flexibility index (Phi) is 3.15. The summed E-state index contributed by atoms with van der Waals surface area (Å²) in [4.78, 5) is 19.2. The fraction of sp³-hybridized carbons (Fsp3) is 0.316. The topological polar surface area (TPSA) is 79.5 Å². The van der Waals surface area contributed by atoms with Crippen LogP contribution in [0.2, 0.25) is 0 Å². The number of β-amino-alcohol motifs (C(OH)–C–C–N with tert-alkyl or cyclic N) is 1. The lowest BCUT2D eigenvalue weighted by molar-refractivity contribution is 0.00602. The first-order chi connectivity index (χ1) is 12.2. The lowest BCUT2D eigenvalue weighted by Gasteiger charge is -2.36. The molecule has 5 rings (SSSR count). The van der Waals surface area contributed by atoms with E-state index in [1.807, 2.05) is 36.4 Å². The van der Waals surface area contributed by atoms with Gasteiger partial charge in [-0.05, 0) is 18.9 Å². The van der Waals surface area contributed by atoms with Crippen LogP contribution < -0.4 is 0 Å². The molecule has 0 radical (unpaired) electrons. The summed E-state index contributed by atoms with van der Waals surface area (Å²) >= 11 is 0. The zero-order valence-electron chi connectivity index (χ0n) is 13.6. The lowest BCUT2D eigenvalue weighted by Crippen LogP contribution is -2.53. The predicted molar refractivity (Wildman–Crippen MR) is 91.1 cm³/mol. The molecule has 2 aromatic heterocycles. The highest BCUT2D eigenvalue weighted by Gasteiger charge is 2.34. The average molecular weight is 335 g/mol. The number of benzene rings is 1. The van der Waals surface area contributed by atoms with Crippen molar-refractivity contribution in [3.8, 4) is 11.3 Å². The van der Waals surface area contributed by atoms with Crippen LogP contribution in [0.4, 0.5) is 0 Å². The summed E-state index contributed by atoms with van der Waals surface area (Å²) in [7, 11) is 0. The number of rotatable bonds is 3. The van der Waals surface area contributed by atoms with Gasteiger partial charge in [-0.3, -0.25) is 4.79 Å². The third kappa shape index (κ3) is 2.41. The molecule has 1 amide bonds. The Morgan fingerprint density at radius 2 is 1.96 bits per heavy atom. The molecule has 2 fully saturated rings. The number of likely N-dealkylation sites (tertiary alicyclic amines) is 1. The molecule has 1 aliphatic carbocycles. The lowest BCUT2D eigenvalue weighted by atomic mass is 10.0. The molecular weight excluding hydrogens is 318 g/mol. The second-order valence-corrected chi connectivity index (χ2v) is 6.81. The van der Waals surface area contributed by atoms with Crippen LogP contribution in [0.3, 0.4) is 0 Å². The van der Waals surface area contributed by atoms with Crippen LogP contribution >= 0.6 is 0 Å². The van der Waals surface area contributed by atoms with Crippen molar-refractivity contribution < 1.29 is 14.4 Å². The molecule has 6 heteroatoms. The van der Waals surface area contributed by atoms with Crippen LogP contribution in [0.1, 0.15) is 34.8 Å². The van der Waals surface area contributed by atoms with Gasteiger partial charge in [0, 0.05) is 30.3 Å². The summed E-state index contributed by atoms with van der Waals surface area (Å²) in [5, 5.41) is 14.4. The number of fused-ring (bicyclic) bond motifs is 1. The minimum absolute atomic E-state index is 0.0972. The van der Waals surface area contributed by atoms with Gasteiger partial charge in [0.1, 0.15) is 5.69 Å². The molecule has 3 aromatic rings. The largest absolute Gasteiger partial charge is 0.389 e. The highest BCUT2D eigenvalue weighted by atomic mass is 16.5. The molecule has 0 unspecified atom stereocenters. The van der Waals surface area contributed by atoms with Crippen molar-refractivity contribution in [2.24, 2.45) is 0 Å². The van der Waals surface area contributed by atoms with E-state index in [9.17, 15) is 9.90 Å². The van der Waals surface area contributed by atoms with Crippen molar-refractivity contribution in [2.45, 2.75) is 24.9 Å². The Morgan fingerprint density at radius 1 is 1.20 bits per heavy atom. The van der Waals surface area contributed by atoms with Gasteiger partial charge in [0.25, 0.3) is 11.6 Å². The van der Waals surface area contributed by atoms with E-state index in [0.717, 1.165) is 24.1 Å². The number of hydrogen-bond donors (Lipinski definition) is 1. The van der Waals surface area contributed by atoms with Crippen LogP contribution in [0.25, 0.3) is 22.4 Å². The summed E-state index contributed by atoms with van der Waals surface area (Å²) < 4.78 is 5.48. The third-order valence-corrected chi connectivity index (χ3v) is 4.89. The minimum atomic E-state index is -0.430. The molecule has 1 aromatic carbocycles. The van der Waals surface area contributed by atoms with Crippen molar-refractivity contribution in [1.29, 1.82) is 0 Å². The van der Waals surface area contributed by atoms with Gasteiger partial charge in [-0.15, -0.1) is 0 Å². The summed E-state index contributed by atoms with van der Waals surface area (Å²) in [6, 6.07) is 11.5. The normalized spacial score (nSPS) is 17.7. The first kappa shape index (κ1) is 14.6. The molecule has 126 valence electrons. The second-order valence-electron chi connectivity index (χ2n) is 6.81. The van der Waals surface area contributed by atoms with Crippen LogP contribution in [-0.4, -0.2) is 45.2 Å². The molecule has 1 aliphatic heterocycles. The van der Waals surface area contributed by atoms with Crippen LogP contribution in [0.15, 0.2) is 40.9 Å². The van der Waals surface area contributed by atoms with Crippen molar-refractivity contribution >= 4 is 17.0 Å².